The molecule has 0 unspecified atom stereocenters. The third-order valence-electron chi connectivity index (χ3n) is 6.59. The van der Waals surface area contributed by atoms with Crippen LogP contribution in [-0.2, 0) is 11.3 Å². The molecule has 0 spiro atoms. The molecule has 9 nitrogen and oxygen atoms in total. The van der Waals surface area contributed by atoms with Crippen molar-refractivity contribution in [2.45, 2.75) is 44.8 Å². The van der Waals surface area contributed by atoms with E-state index in [-0.39, 0.29) is 29.2 Å². The summed E-state index contributed by atoms with van der Waals surface area (Å²) < 4.78 is 2.91. The quantitative estimate of drug-likeness (QED) is 0.657. The van der Waals surface area contributed by atoms with E-state index in [4.69, 9.17) is 0 Å². The molecule has 0 radical (unpaired) electrons. The number of hydrogen-bond acceptors (Lipinski definition) is 6. The smallest absolute Gasteiger partial charge is 0.264 e. The zero-order valence-electron chi connectivity index (χ0n) is 17.4. The zero-order valence-corrected chi connectivity index (χ0v) is 17.4. The minimum absolute atomic E-state index is 0.0946. The van der Waals surface area contributed by atoms with Gasteiger partial charge in [0.05, 0.1) is 24.0 Å². The maximum absolute atomic E-state index is 13.0. The Morgan fingerprint density at radius 3 is 2.61 bits per heavy atom. The Labute approximate surface area is 178 Å². The van der Waals surface area contributed by atoms with Crippen LogP contribution in [0.5, 0.6) is 5.75 Å². The highest BCUT2D eigenvalue weighted by molar-refractivity contribution is 5.85. The van der Waals surface area contributed by atoms with Gasteiger partial charge in [0.15, 0.2) is 5.65 Å². The number of phenolic OH excluding ortho intramolecular Hbond substituents is 1. The Kier molecular flexibility index (Phi) is 4.40. The van der Waals surface area contributed by atoms with E-state index in [1.807, 2.05) is 11.8 Å². The standard InChI is InChI=1S/C22H25N5O4/c1-21(5-6-21)20(30)25-9-7-22(31,8-10-25)13-26-14-23-18-17(19(26)29)12-24-27(18)15-3-2-4-16(28)11-15/h2-4,11-12,14,28,31H,5-10,13H2,1H3. The second kappa shape index (κ2) is 6.91. The summed E-state index contributed by atoms with van der Waals surface area (Å²) >= 11 is 0. The Morgan fingerprint density at radius 2 is 1.94 bits per heavy atom. The number of nitrogens with zero attached hydrogens (tertiary/aromatic N) is 5. The summed E-state index contributed by atoms with van der Waals surface area (Å²) in [5, 5.41) is 25.4. The fraction of sp³-hybridized carbons (Fsp3) is 0.455. The van der Waals surface area contributed by atoms with Crippen LogP contribution in [-0.4, -0.2) is 59.0 Å². The van der Waals surface area contributed by atoms with E-state index in [2.05, 4.69) is 10.1 Å². The number of piperidine rings is 1. The zero-order chi connectivity index (χ0) is 21.8. The molecule has 2 fully saturated rings. The predicted octanol–water partition coefficient (Wildman–Crippen LogP) is 1.44. The second-order valence-electron chi connectivity index (χ2n) is 9.07. The first kappa shape index (κ1) is 19.7. The maximum Gasteiger partial charge on any atom is 0.264 e. The van der Waals surface area contributed by atoms with Gasteiger partial charge in [0, 0.05) is 24.6 Å². The predicted molar refractivity (Wildman–Crippen MR) is 113 cm³/mol. The SMILES string of the molecule is CC1(C(=O)N2CCC(O)(Cn3cnc4c(cnn4-c4cccc(O)c4)c3=O)CC2)CC1. The average molecular weight is 423 g/mol. The highest BCUT2D eigenvalue weighted by Gasteiger charge is 2.48. The molecule has 0 atom stereocenters. The van der Waals surface area contributed by atoms with Crippen molar-refractivity contribution in [1.82, 2.24) is 24.2 Å². The van der Waals surface area contributed by atoms with Gasteiger partial charge in [-0.15, -0.1) is 0 Å². The van der Waals surface area contributed by atoms with Gasteiger partial charge in [0.2, 0.25) is 5.91 Å². The highest BCUT2D eigenvalue weighted by Crippen LogP contribution is 2.47. The lowest BCUT2D eigenvalue weighted by molar-refractivity contribution is -0.141. The Balaban J connectivity index is 1.36. The molecule has 3 heterocycles. The molecular weight excluding hydrogens is 398 g/mol. The van der Waals surface area contributed by atoms with Crippen LogP contribution < -0.4 is 5.56 Å². The summed E-state index contributed by atoms with van der Waals surface area (Å²) in [7, 11) is 0. The normalized spacial score (nSPS) is 19.5. The number of aromatic nitrogens is 4. The van der Waals surface area contributed by atoms with E-state index < -0.39 is 5.60 Å². The number of aliphatic hydroxyl groups is 1. The lowest BCUT2D eigenvalue weighted by Gasteiger charge is -2.39. The number of phenols is 1. The van der Waals surface area contributed by atoms with Crippen molar-refractivity contribution in [3.63, 3.8) is 0 Å². The van der Waals surface area contributed by atoms with Gasteiger partial charge < -0.3 is 15.1 Å². The number of hydrogen-bond donors (Lipinski definition) is 2. The molecule has 1 amide bonds. The molecule has 2 N–H and O–H groups in total. The van der Waals surface area contributed by atoms with Gasteiger partial charge in [-0.2, -0.15) is 5.10 Å². The third-order valence-corrected chi connectivity index (χ3v) is 6.59. The van der Waals surface area contributed by atoms with Crippen LogP contribution in [0.3, 0.4) is 0 Å². The summed E-state index contributed by atoms with van der Waals surface area (Å²) in [5.41, 5.74) is -0.580. The highest BCUT2D eigenvalue weighted by atomic mass is 16.3. The van der Waals surface area contributed by atoms with Crippen LogP contribution in [0.1, 0.15) is 32.6 Å². The van der Waals surface area contributed by atoms with E-state index in [0.29, 0.717) is 42.7 Å². The fourth-order valence-electron chi connectivity index (χ4n) is 4.26. The van der Waals surface area contributed by atoms with Crippen molar-refractivity contribution in [1.29, 1.82) is 0 Å². The van der Waals surface area contributed by atoms with Gasteiger partial charge in [-0.25, -0.2) is 9.67 Å². The molecule has 0 bridgehead atoms. The molecule has 1 aromatic carbocycles. The number of carbonyl (C=O) groups is 1. The van der Waals surface area contributed by atoms with Crippen molar-refractivity contribution < 1.29 is 15.0 Å². The Hall–Kier alpha value is -3.20. The molecular formula is C22H25N5O4. The van der Waals surface area contributed by atoms with Crippen LogP contribution in [0.2, 0.25) is 0 Å². The minimum atomic E-state index is -1.07. The Bertz CT molecular complexity index is 1220. The van der Waals surface area contributed by atoms with E-state index in [0.717, 1.165) is 12.8 Å². The molecule has 31 heavy (non-hydrogen) atoms. The summed E-state index contributed by atoms with van der Waals surface area (Å²) in [5.74, 6) is 0.270. The van der Waals surface area contributed by atoms with E-state index in [1.165, 1.54) is 21.8 Å². The average Bonchev–Trinajstić information content (AvgIpc) is 3.35. The van der Waals surface area contributed by atoms with Gasteiger partial charge in [-0.1, -0.05) is 13.0 Å². The van der Waals surface area contributed by atoms with E-state index >= 15 is 0 Å². The van der Waals surface area contributed by atoms with Crippen LogP contribution >= 0.6 is 0 Å². The lowest BCUT2D eigenvalue weighted by Crippen LogP contribution is -2.51. The van der Waals surface area contributed by atoms with E-state index in [9.17, 15) is 19.8 Å². The molecule has 9 heteroatoms. The number of rotatable bonds is 4. The molecule has 2 aromatic heterocycles. The molecule has 162 valence electrons. The van der Waals surface area contributed by atoms with Crippen LogP contribution in [0, 0.1) is 5.41 Å². The van der Waals surface area contributed by atoms with Crippen LogP contribution in [0.4, 0.5) is 0 Å². The number of benzene rings is 1. The van der Waals surface area contributed by atoms with Gasteiger partial charge in [-0.3, -0.25) is 14.2 Å². The van der Waals surface area contributed by atoms with Crippen molar-refractivity contribution >= 4 is 16.9 Å². The first-order chi connectivity index (χ1) is 14.8. The summed E-state index contributed by atoms with van der Waals surface area (Å²) in [6.07, 6.45) is 5.58. The number of fused-ring (bicyclic) bond motifs is 1. The first-order valence-electron chi connectivity index (χ1n) is 10.5. The van der Waals surface area contributed by atoms with Crippen molar-refractivity contribution in [2.75, 3.05) is 13.1 Å². The molecule has 2 aliphatic rings. The van der Waals surface area contributed by atoms with Crippen molar-refractivity contribution in [2.24, 2.45) is 5.41 Å². The van der Waals surface area contributed by atoms with Crippen molar-refractivity contribution in [3.05, 3.63) is 47.1 Å². The number of aromatic hydroxyl groups is 1. The van der Waals surface area contributed by atoms with Crippen LogP contribution in [0.15, 0.2) is 41.6 Å². The monoisotopic (exact) mass is 423 g/mol. The summed E-state index contributed by atoms with van der Waals surface area (Å²) in [6, 6.07) is 6.55. The number of amides is 1. The summed E-state index contributed by atoms with van der Waals surface area (Å²) in [6.45, 7) is 3.09. The Morgan fingerprint density at radius 1 is 1.19 bits per heavy atom. The number of carbonyl (C=O) groups excluding carboxylic acids is 1. The van der Waals surface area contributed by atoms with Gasteiger partial charge >= 0.3 is 0 Å². The second-order valence-corrected chi connectivity index (χ2v) is 9.07. The molecule has 1 aliphatic heterocycles. The summed E-state index contributed by atoms with van der Waals surface area (Å²) in [4.78, 5) is 31.8. The maximum atomic E-state index is 13.0. The molecule has 1 aliphatic carbocycles. The molecule has 1 saturated carbocycles. The van der Waals surface area contributed by atoms with Gasteiger partial charge in [0.1, 0.15) is 17.5 Å². The van der Waals surface area contributed by atoms with Crippen molar-refractivity contribution in [3.8, 4) is 11.4 Å². The number of likely N-dealkylation sites (tertiary alicyclic amines) is 1. The van der Waals surface area contributed by atoms with Gasteiger partial charge in [-0.05, 0) is 37.8 Å². The third kappa shape index (κ3) is 3.48. The fourth-order valence-corrected chi connectivity index (χ4v) is 4.26. The molecule has 5 rings (SSSR count). The lowest BCUT2D eigenvalue weighted by atomic mass is 9.90. The molecule has 1 saturated heterocycles. The minimum Gasteiger partial charge on any atom is -0.508 e. The molecule has 3 aromatic rings. The topological polar surface area (TPSA) is 113 Å². The largest absolute Gasteiger partial charge is 0.508 e. The van der Waals surface area contributed by atoms with Gasteiger partial charge in [0.25, 0.3) is 5.56 Å². The van der Waals surface area contributed by atoms with E-state index in [1.54, 1.807) is 24.3 Å². The first-order valence-corrected chi connectivity index (χ1v) is 10.5. The van der Waals surface area contributed by atoms with Crippen LogP contribution in [0.25, 0.3) is 16.7 Å².